The number of nitrogens with one attached hydrogen (secondary N) is 1. The Morgan fingerprint density at radius 2 is 1.71 bits per heavy atom. The Hall–Kier alpha value is -2.65. The van der Waals surface area contributed by atoms with Gasteiger partial charge in [0.05, 0.1) is 21.7 Å². The summed E-state index contributed by atoms with van der Waals surface area (Å²) in [5.41, 5.74) is 3.30. The maximum atomic E-state index is 12.1. The van der Waals surface area contributed by atoms with Crippen LogP contribution in [0.4, 0.5) is 5.69 Å². The second-order valence-electron chi connectivity index (χ2n) is 6.66. The maximum Gasteiger partial charge on any atom is 0.177 e. The van der Waals surface area contributed by atoms with Crippen LogP contribution in [0.2, 0.25) is 0 Å². The summed E-state index contributed by atoms with van der Waals surface area (Å²) >= 11 is 0. The van der Waals surface area contributed by atoms with E-state index in [1.807, 2.05) is 37.5 Å². The predicted molar refractivity (Wildman–Crippen MR) is 109 cm³/mol. The number of benzene rings is 2. The molecule has 0 aliphatic rings. The predicted octanol–water partition coefficient (Wildman–Crippen LogP) is 2.51. The van der Waals surface area contributed by atoms with Crippen molar-refractivity contribution in [2.45, 2.75) is 16.3 Å². The Morgan fingerprint density at radius 1 is 0.964 bits per heavy atom. The van der Waals surface area contributed by atoms with Crippen molar-refractivity contribution in [2.75, 3.05) is 17.8 Å². The lowest BCUT2D eigenvalue weighted by Crippen LogP contribution is -2.08. The van der Waals surface area contributed by atoms with Gasteiger partial charge in [0.15, 0.2) is 19.7 Å². The van der Waals surface area contributed by atoms with Crippen LogP contribution in [0.1, 0.15) is 5.56 Å². The number of hydrogen-bond acceptors (Lipinski definition) is 6. The van der Waals surface area contributed by atoms with Crippen molar-refractivity contribution < 1.29 is 16.8 Å². The van der Waals surface area contributed by atoms with Gasteiger partial charge in [-0.15, -0.1) is 0 Å². The number of aryl methyl sites for hydroxylation is 1. The van der Waals surface area contributed by atoms with Gasteiger partial charge in [-0.3, -0.25) is 4.68 Å². The average Bonchev–Trinajstić information content (AvgIpc) is 3.05. The van der Waals surface area contributed by atoms with Gasteiger partial charge in [0.2, 0.25) is 0 Å². The topological polar surface area (TPSA) is 98.1 Å². The molecule has 9 heteroatoms. The number of aromatic nitrogens is 2. The van der Waals surface area contributed by atoms with E-state index in [0.717, 1.165) is 29.2 Å². The van der Waals surface area contributed by atoms with Gasteiger partial charge in [-0.2, -0.15) is 5.10 Å². The van der Waals surface area contributed by atoms with E-state index in [9.17, 15) is 16.8 Å². The van der Waals surface area contributed by atoms with Crippen molar-refractivity contribution in [1.29, 1.82) is 0 Å². The molecule has 0 amide bonds. The molecular weight excluding hydrogens is 398 g/mol. The molecule has 0 bridgehead atoms. The zero-order valence-corrected chi connectivity index (χ0v) is 17.4. The molecule has 3 rings (SSSR count). The van der Waals surface area contributed by atoms with E-state index in [0.29, 0.717) is 12.2 Å². The molecule has 0 aliphatic carbocycles. The Bertz CT molecular complexity index is 1230. The monoisotopic (exact) mass is 419 g/mol. The van der Waals surface area contributed by atoms with Gasteiger partial charge in [0.25, 0.3) is 0 Å². The summed E-state index contributed by atoms with van der Waals surface area (Å²) in [5.74, 6) is 0. The van der Waals surface area contributed by atoms with E-state index >= 15 is 0 Å². The largest absolute Gasteiger partial charge is 0.380 e. The van der Waals surface area contributed by atoms with Gasteiger partial charge >= 0.3 is 0 Å². The quantitative estimate of drug-likeness (QED) is 0.659. The fourth-order valence-electron chi connectivity index (χ4n) is 2.81. The van der Waals surface area contributed by atoms with Crippen LogP contribution in [0.3, 0.4) is 0 Å². The standard InChI is InChI=1S/C19H21N3O4S2/c1-22-13-16(12-21-22)15-6-4-5-14(9-15)11-20-18-8-7-17(27(2,23)24)10-19(18)28(3,25)26/h4-10,12-13,20H,11H2,1-3H3. The van der Waals surface area contributed by atoms with Crippen LogP contribution in [0, 0.1) is 0 Å². The molecule has 1 aromatic heterocycles. The van der Waals surface area contributed by atoms with Crippen LogP contribution in [0.25, 0.3) is 11.1 Å². The second kappa shape index (κ2) is 7.40. The molecule has 0 fully saturated rings. The molecule has 28 heavy (non-hydrogen) atoms. The van der Waals surface area contributed by atoms with E-state index in [1.165, 1.54) is 18.2 Å². The Labute approximate surface area is 164 Å². The highest BCUT2D eigenvalue weighted by Gasteiger charge is 2.18. The summed E-state index contributed by atoms with van der Waals surface area (Å²) in [5, 5.41) is 7.27. The first kappa shape index (κ1) is 20.1. The zero-order chi connectivity index (χ0) is 20.5. The molecule has 0 unspecified atom stereocenters. The van der Waals surface area contributed by atoms with Crippen LogP contribution in [-0.4, -0.2) is 39.1 Å². The molecular formula is C19H21N3O4S2. The first-order chi connectivity index (χ1) is 13.0. The summed E-state index contributed by atoms with van der Waals surface area (Å²) in [6.45, 7) is 0.384. The third-order valence-corrected chi connectivity index (χ3v) is 6.48. The lowest BCUT2D eigenvalue weighted by Gasteiger charge is -2.13. The summed E-state index contributed by atoms with van der Waals surface area (Å²) in [7, 11) is -5.26. The van der Waals surface area contributed by atoms with Crippen molar-refractivity contribution in [3.8, 4) is 11.1 Å². The van der Waals surface area contributed by atoms with Crippen LogP contribution in [0.15, 0.2) is 64.6 Å². The van der Waals surface area contributed by atoms with E-state index in [4.69, 9.17) is 0 Å². The minimum absolute atomic E-state index is 0.0305. The molecule has 0 spiro atoms. The number of hydrogen-bond donors (Lipinski definition) is 1. The van der Waals surface area contributed by atoms with Crippen molar-refractivity contribution >= 4 is 25.4 Å². The smallest absolute Gasteiger partial charge is 0.177 e. The van der Waals surface area contributed by atoms with Crippen LogP contribution in [-0.2, 0) is 33.3 Å². The summed E-state index contributed by atoms with van der Waals surface area (Å²) < 4.78 is 49.5. The minimum Gasteiger partial charge on any atom is -0.380 e. The minimum atomic E-state index is -3.61. The first-order valence-corrected chi connectivity index (χ1v) is 12.2. The van der Waals surface area contributed by atoms with E-state index < -0.39 is 19.7 Å². The second-order valence-corrected chi connectivity index (χ2v) is 10.7. The maximum absolute atomic E-state index is 12.1. The third-order valence-electron chi connectivity index (χ3n) is 4.23. The lowest BCUT2D eigenvalue weighted by molar-refractivity contribution is 0.600. The van der Waals surface area contributed by atoms with E-state index in [1.54, 1.807) is 10.9 Å². The zero-order valence-electron chi connectivity index (χ0n) is 15.7. The van der Waals surface area contributed by atoms with Crippen LogP contribution >= 0.6 is 0 Å². The summed E-state index contributed by atoms with van der Waals surface area (Å²) in [4.78, 5) is -0.0733. The molecule has 0 saturated heterocycles. The highest BCUT2D eigenvalue weighted by molar-refractivity contribution is 7.91. The molecule has 0 atom stereocenters. The van der Waals surface area contributed by atoms with Gasteiger partial charge in [0, 0.05) is 37.9 Å². The van der Waals surface area contributed by atoms with Gasteiger partial charge < -0.3 is 5.32 Å². The van der Waals surface area contributed by atoms with E-state index in [2.05, 4.69) is 10.4 Å². The number of nitrogens with zero attached hydrogens (tertiary/aromatic N) is 2. The SMILES string of the molecule is Cn1cc(-c2cccc(CNc3ccc(S(C)(=O)=O)cc3S(C)(=O)=O)c2)cn1. The third kappa shape index (κ3) is 4.60. The molecule has 2 aromatic carbocycles. The summed E-state index contributed by atoms with van der Waals surface area (Å²) in [6.07, 6.45) is 5.80. The lowest BCUT2D eigenvalue weighted by atomic mass is 10.1. The number of rotatable bonds is 6. The summed E-state index contributed by atoms with van der Waals surface area (Å²) in [6, 6.07) is 11.9. The van der Waals surface area contributed by atoms with Crippen LogP contribution in [0.5, 0.6) is 0 Å². The average molecular weight is 420 g/mol. The van der Waals surface area contributed by atoms with Gasteiger partial charge in [0.1, 0.15) is 0 Å². The normalized spacial score (nSPS) is 12.1. The highest BCUT2D eigenvalue weighted by atomic mass is 32.2. The number of anilines is 1. The van der Waals surface area contributed by atoms with Gasteiger partial charge in [-0.05, 0) is 35.4 Å². The van der Waals surface area contributed by atoms with Crippen LogP contribution < -0.4 is 5.32 Å². The molecule has 0 radical (unpaired) electrons. The first-order valence-electron chi connectivity index (χ1n) is 8.40. The number of sulfone groups is 2. The molecule has 1 heterocycles. The Balaban J connectivity index is 1.89. The van der Waals surface area contributed by atoms with Crippen molar-refractivity contribution in [2.24, 2.45) is 7.05 Å². The van der Waals surface area contributed by atoms with Crippen molar-refractivity contribution in [3.05, 3.63) is 60.4 Å². The molecule has 3 aromatic rings. The molecule has 1 N–H and O–H groups in total. The van der Waals surface area contributed by atoms with Gasteiger partial charge in [-0.1, -0.05) is 18.2 Å². The fourth-order valence-corrected chi connectivity index (χ4v) is 4.42. The Kier molecular flexibility index (Phi) is 5.31. The van der Waals surface area contributed by atoms with Crippen molar-refractivity contribution in [1.82, 2.24) is 9.78 Å². The molecule has 148 valence electrons. The molecule has 0 aliphatic heterocycles. The molecule has 0 saturated carbocycles. The van der Waals surface area contributed by atoms with E-state index in [-0.39, 0.29) is 9.79 Å². The Morgan fingerprint density at radius 3 is 2.32 bits per heavy atom. The van der Waals surface area contributed by atoms with Crippen molar-refractivity contribution in [3.63, 3.8) is 0 Å². The van der Waals surface area contributed by atoms with Gasteiger partial charge in [-0.25, -0.2) is 16.8 Å². The molecule has 7 nitrogen and oxygen atoms in total. The highest BCUT2D eigenvalue weighted by Crippen LogP contribution is 2.26. The fraction of sp³-hybridized carbons (Fsp3) is 0.211.